The van der Waals surface area contributed by atoms with Gasteiger partial charge in [-0.1, -0.05) is 12.1 Å². The van der Waals surface area contributed by atoms with Gasteiger partial charge >= 0.3 is 0 Å². The zero-order valence-corrected chi connectivity index (χ0v) is 9.56. The van der Waals surface area contributed by atoms with E-state index in [0.717, 1.165) is 0 Å². The molecule has 2 rings (SSSR count). The summed E-state index contributed by atoms with van der Waals surface area (Å²) in [7, 11) is 1.38. The molecule has 0 radical (unpaired) electrons. The maximum absolute atomic E-state index is 13.9. The third-order valence-corrected chi connectivity index (χ3v) is 2.73. The minimum Gasteiger partial charge on any atom is -0.494 e. The molecule has 1 saturated heterocycles. The Kier molecular flexibility index (Phi) is 3.93. The first-order valence-corrected chi connectivity index (χ1v) is 5.44. The van der Waals surface area contributed by atoms with Crippen molar-refractivity contribution >= 4 is 0 Å². The van der Waals surface area contributed by atoms with Crippen LogP contribution in [0.15, 0.2) is 18.2 Å². The number of aliphatic hydroxyl groups excluding tert-OH is 1. The number of hydrogen-bond acceptors (Lipinski definition) is 4. The maximum atomic E-state index is 13.9. The molecule has 1 aromatic carbocycles. The van der Waals surface area contributed by atoms with E-state index in [4.69, 9.17) is 14.2 Å². The van der Waals surface area contributed by atoms with Gasteiger partial charge in [0.2, 0.25) is 0 Å². The van der Waals surface area contributed by atoms with Crippen molar-refractivity contribution < 1.29 is 23.7 Å². The van der Waals surface area contributed by atoms with Gasteiger partial charge in [0.15, 0.2) is 11.6 Å². The molecule has 0 aromatic heterocycles. The van der Waals surface area contributed by atoms with E-state index in [0.29, 0.717) is 13.2 Å². The molecule has 1 aliphatic rings. The lowest BCUT2D eigenvalue weighted by Gasteiger charge is -2.27. The standard InChI is InChI=1S/C12H15FO4/c1-15-9-4-2-3-8(11(9)13)12(14)10-7-16-5-6-17-10/h2-4,10,12,14H,5-7H2,1H3. The molecule has 1 fully saturated rings. The van der Waals surface area contributed by atoms with Crippen LogP contribution in [0.25, 0.3) is 0 Å². The highest BCUT2D eigenvalue weighted by atomic mass is 19.1. The van der Waals surface area contributed by atoms with Crippen LogP contribution in [-0.2, 0) is 9.47 Å². The van der Waals surface area contributed by atoms with Crippen molar-refractivity contribution in [1.29, 1.82) is 0 Å². The Labute approximate surface area is 98.9 Å². The Balaban J connectivity index is 2.20. The largest absolute Gasteiger partial charge is 0.494 e. The highest BCUT2D eigenvalue weighted by molar-refractivity contribution is 5.32. The lowest BCUT2D eigenvalue weighted by Crippen LogP contribution is -2.34. The average molecular weight is 242 g/mol. The van der Waals surface area contributed by atoms with Gasteiger partial charge in [0.05, 0.1) is 26.9 Å². The van der Waals surface area contributed by atoms with Gasteiger partial charge in [0, 0.05) is 5.56 Å². The van der Waals surface area contributed by atoms with Crippen molar-refractivity contribution in [3.8, 4) is 5.75 Å². The molecule has 2 atom stereocenters. The van der Waals surface area contributed by atoms with Gasteiger partial charge in [-0.05, 0) is 6.07 Å². The van der Waals surface area contributed by atoms with Gasteiger partial charge in [-0.3, -0.25) is 0 Å². The normalized spacial score (nSPS) is 22.2. The van der Waals surface area contributed by atoms with E-state index in [1.54, 1.807) is 6.07 Å². The van der Waals surface area contributed by atoms with E-state index >= 15 is 0 Å². The Hall–Kier alpha value is -1.17. The molecular weight excluding hydrogens is 227 g/mol. The number of rotatable bonds is 3. The minimum atomic E-state index is -1.05. The Morgan fingerprint density at radius 2 is 2.29 bits per heavy atom. The van der Waals surface area contributed by atoms with Crippen molar-refractivity contribution in [2.45, 2.75) is 12.2 Å². The lowest BCUT2D eigenvalue weighted by atomic mass is 10.0. The van der Waals surface area contributed by atoms with E-state index in [1.807, 2.05) is 0 Å². The average Bonchev–Trinajstić information content (AvgIpc) is 2.39. The van der Waals surface area contributed by atoms with E-state index in [9.17, 15) is 9.50 Å². The maximum Gasteiger partial charge on any atom is 0.170 e. The second-order valence-corrected chi connectivity index (χ2v) is 3.79. The summed E-state index contributed by atoms with van der Waals surface area (Å²) in [6, 6.07) is 4.65. The van der Waals surface area contributed by atoms with Crippen LogP contribution in [0.2, 0.25) is 0 Å². The molecule has 17 heavy (non-hydrogen) atoms. The number of benzene rings is 1. The summed E-state index contributed by atoms with van der Waals surface area (Å²) < 4.78 is 29.3. The Morgan fingerprint density at radius 1 is 1.47 bits per heavy atom. The van der Waals surface area contributed by atoms with Crippen LogP contribution < -0.4 is 4.74 Å². The molecular formula is C12H15FO4. The topological polar surface area (TPSA) is 47.9 Å². The molecule has 0 spiro atoms. The summed E-state index contributed by atoms with van der Waals surface area (Å²) in [5.41, 5.74) is 0.167. The Morgan fingerprint density at radius 3 is 2.94 bits per heavy atom. The number of methoxy groups -OCH3 is 1. The zero-order chi connectivity index (χ0) is 12.3. The number of hydrogen-bond donors (Lipinski definition) is 1. The highest BCUT2D eigenvalue weighted by Crippen LogP contribution is 2.28. The van der Waals surface area contributed by atoms with Gasteiger partial charge in [0.25, 0.3) is 0 Å². The fraction of sp³-hybridized carbons (Fsp3) is 0.500. The van der Waals surface area contributed by atoms with Crippen LogP contribution in [0.5, 0.6) is 5.75 Å². The summed E-state index contributed by atoms with van der Waals surface area (Å²) in [5.74, 6) is -0.449. The van der Waals surface area contributed by atoms with Crippen molar-refractivity contribution in [3.05, 3.63) is 29.6 Å². The van der Waals surface area contributed by atoms with Crippen molar-refractivity contribution in [3.63, 3.8) is 0 Å². The van der Waals surface area contributed by atoms with Crippen LogP contribution in [0.3, 0.4) is 0 Å². The monoisotopic (exact) mass is 242 g/mol. The second kappa shape index (κ2) is 5.44. The van der Waals surface area contributed by atoms with E-state index in [-0.39, 0.29) is 17.9 Å². The summed E-state index contributed by atoms with van der Waals surface area (Å²) in [5, 5.41) is 10.0. The molecule has 2 unspecified atom stereocenters. The van der Waals surface area contributed by atoms with Gasteiger partial charge in [0.1, 0.15) is 12.2 Å². The van der Waals surface area contributed by atoms with E-state index in [1.165, 1.54) is 19.2 Å². The quantitative estimate of drug-likeness (QED) is 0.867. The van der Waals surface area contributed by atoms with Crippen LogP contribution >= 0.6 is 0 Å². The molecule has 0 bridgehead atoms. The summed E-state index contributed by atoms with van der Waals surface area (Å²) in [4.78, 5) is 0. The molecule has 0 amide bonds. The van der Waals surface area contributed by atoms with Gasteiger partial charge < -0.3 is 19.3 Å². The Bertz CT molecular complexity index is 377. The first-order valence-electron chi connectivity index (χ1n) is 5.44. The summed E-state index contributed by atoms with van der Waals surface area (Å²) in [6.07, 6.45) is -1.59. The molecule has 0 aliphatic carbocycles. The molecule has 0 saturated carbocycles. The number of aliphatic hydroxyl groups is 1. The molecule has 94 valence electrons. The third kappa shape index (κ3) is 2.57. The fourth-order valence-electron chi connectivity index (χ4n) is 1.80. The van der Waals surface area contributed by atoms with Crippen LogP contribution in [0, 0.1) is 5.82 Å². The van der Waals surface area contributed by atoms with E-state index in [2.05, 4.69) is 0 Å². The molecule has 5 heteroatoms. The minimum absolute atomic E-state index is 0.110. The molecule has 1 heterocycles. The smallest absolute Gasteiger partial charge is 0.170 e. The molecule has 1 aliphatic heterocycles. The van der Waals surface area contributed by atoms with Crippen molar-refractivity contribution in [2.75, 3.05) is 26.9 Å². The van der Waals surface area contributed by atoms with E-state index < -0.39 is 18.0 Å². The molecule has 1 N–H and O–H groups in total. The number of halogens is 1. The highest BCUT2D eigenvalue weighted by Gasteiger charge is 2.27. The zero-order valence-electron chi connectivity index (χ0n) is 9.56. The fourth-order valence-corrected chi connectivity index (χ4v) is 1.80. The number of ether oxygens (including phenoxy) is 3. The lowest BCUT2D eigenvalue weighted by molar-refractivity contribution is -0.134. The van der Waals surface area contributed by atoms with Crippen molar-refractivity contribution in [1.82, 2.24) is 0 Å². The van der Waals surface area contributed by atoms with Crippen LogP contribution in [0.4, 0.5) is 4.39 Å². The van der Waals surface area contributed by atoms with Crippen LogP contribution in [0.1, 0.15) is 11.7 Å². The van der Waals surface area contributed by atoms with Gasteiger partial charge in [-0.15, -0.1) is 0 Å². The summed E-state index contributed by atoms with van der Waals surface area (Å²) >= 11 is 0. The SMILES string of the molecule is COc1cccc(C(O)C2COCCO2)c1F. The van der Waals surface area contributed by atoms with Crippen LogP contribution in [-0.4, -0.2) is 38.1 Å². The van der Waals surface area contributed by atoms with Gasteiger partial charge in [-0.25, -0.2) is 4.39 Å². The second-order valence-electron chi connectivity index (χ2n) is 3.79. The summed E-state index contributed by atoms with van der Waals surface area (Å²) in [6.45, 7) is 1.18. The first-order chi connectivity index (χ1) is 8.24. The predicted octanol–water partition coefficient (Wildman–Crippen LogP) is 1.28. The third-order valence-electron chi connectivity index (χ3n) is 2.73. The first kappa shape index (κ1) is 12.3. The van der Waals surface area contributed by atoms with Crippen molar-refractivity contribution in [2.24, 2.45) is 0 Å². The predicted molar refractivity (Wildman–Crippen MR) is 58.5 cm³/mol. The van der Waals surface area contributed by atoms with Gasteiger partial charge in [-0.2, -0.15) is 0 Å². The molecule has 1 aromatic rings. The molecule has 4 nitrogen and oxygen atoms in total.